The van der Waals surface area contributed by atoms with Gasteiger partial charge in [-0.25, -0.2) is 4.79 Å². The second-order valence-electron chi connectivity index (χ2n) is 8.41. The largest absolute Gasteiger partial charge is 0.496 e. The Kier molecular flexibility index (Phi) is 4.65. The second kappa shape index (κ2) is 7.70. The van der Waals surface area contributed by atoms with Crippen molar-refractivity contribution in [2.75, 3.05) is 26.9 Å². The van der Waals surface area contributed by atoms with Crippen LogP contribution in [0.2, 0.25) is 0 Å². The van der Waals surface area contributed by atoms with Crippen LogP contribution in [0.25, 0.3) is 33.2 Å². The van der Waals surface area contributed by atoms with E-state index >= 15 is 0 Å². The zero-order valence-electron chi connectivity index (χ0n) is 18.6. The van der Waals surface area contributed by atoms with Crippen molar-refractivity contribution in [3.05, 3.63) is 52.8 Å². The number of fused-ring (bicyclic) bond motifs is 3. The summed E-state index contributed by atoms with van der Waals surface area (Å²) in [5, 5.41) is 5.47. The summed E-state index contributed by atoms with van der Waals surface area (Å²) in [6, 6.07) is 4.25. The third-order valence-electron chi connectivity index (χ3n) is 6.57. The molecule has 0 radical (unpaired) electrons. The molecule has 2 aliphatic rings. The normalized spacial score (nSPS) is 16.7. The average Bonchev–Trinajstić information content (AvgIpc) is 3.60. The van der Waals surface area contributed by atoms with Gasteiger partial charge < -0.3 is 9.47 Å². The lowest BCUT2D eigenvalue weighted by molar-refractivity contribution is 0.0662. The van der Waals surface area contributed by atoms with Gasteiger partial charge in [0.1, 0.15) is 5.75 Å². The van der Waals surface area contributed by atoms with E-state index in [0.717, 1.165) is 70.6 Å². The number of benzene rings is 1. The highest BCUT2D eigenvalue weighted by atomic mass is 16.5. The number of aliphatic imine (C=N–C) groups is 1. The fourth-order valence-electron chi connectivity index (χ4n) is 4.79. The molecule has 1 aromatic carbocycles. The second-order valence-corrected chi connectivity index (χ2v) is 8.41. The highest BCUT2D eigenvalue weighted by Gasteiger charge is 2.22. The van der Waals surface area contributed by atoms with Gasteiger partial charge in [0.2, 0.25) is 0 Å². The Hall–Kier alpha value is -3.72. The minimum atomic E-state index is -0.134. The number of imidazole rings is 1. The summed E-state index contributed by atoms with van der Waals surface area (Å²) in [6.45, 7) is 2.11. The number of pyridine rings is 1. The number of rotatable bonds is 4. The standard InChI is InChI=1S/C24H24N6O3/c1-28-21-13-26-20-10-22(32-2)18(15-3-6-25-11-15)9-19(20)23(21)30(24(28)31)17-12-27-29(14-17)16-4-7-33-8-5-16/h3,9-14,16H,4-8H2,1-2H3. The number of hydrogen-bond acceptors (Lipinski definition) is 6. The van der Waals surface area contributed by atoms with Crippen LogP contribution in [0.4, 0.5) is 0 Å². The van der Waals surface area contributed by atoms with Crippen LogP contribution in [0.3, 0.4) is 0 Å². The van der Waals surface area contributed by atoms with Crippen molar-refractivity contribution in [2.24, 2.45) is 12.0 Å². The minimum absolute atomic E-state index is 0.134. The maximum Gasteiger partial charge on any atom is 0.333 e. The molecule has 0 saturated carbocycles. The molecule has 0 aliphatic carbocycles. The van der Waals surface area contributed by atoms with Gasteiger partial charge in [-0.05, 0) is 18.9 Å². The molecule has 5 heterocycles. The van der Waals surface area contributed by atoms with Gasteiger partial charge in [-0.3, -0.25) is 23.8 Å². The first kappa shape index (κ1) is 19.9. The van der Waals surface area contributed by atoms with Crippen LogP contribution in [-0.2, 0) is 11.8 Å². The average molecular weight is 444 g/mol. The Labute approximate surface area is 189 Å². The van der Waals surface area contributed by atoms with Crippen molar-refractivity contribution >= 4 is 33.7 Å². The molecule has 0 unspecified atom stereocenters. The fraction of sp³-hybridized carbons (Fsp3) is 0.333. The third-order valence-corrected chi connectivity index (χ3v) is 6.57. The molecule has 3 aromatic heterocycles. The van der Waals surface area contributed by atoms with E-state index in [1.165, 1.54) is 0 Å². The summed E-state index contributed by atoms with van der Waals surface area (Å²) in [7, 11) is 3.42. The van der Waals surface area contributed by atoms with E-state index in [0.29, 0.717) is 6.54 Å². The van der Waals surface area contributed by atoms with Gasteiger partial charge in [0.15, 0.2) is 0 Å². The fourth-order valence-corrected chi connectivity index (χ4v) is 4.79. The van der Waals surface area contributed by atoms with E-state index < -0.39 is 0 Å². The van der Waals surface area contributed by atoms with E-state index in [9.17, 15) is 4.79 Å². The highest BCUT2D eigenvalue weighted by Crippen LogP contribution is 2.34. The minimum Gasteiger partial charge on any atom is -0.496 e. The number of ether oxygens (including phenoxy) is 2. The maximum atomic E-state index is 13.4. The van der Waals surface area contributed by atoms with Crippen LogP contribution in [0.15, 0.2) is 46.6 Å². The summed E-state index contributed by atoms with van der Waals surface area (Å²) in [5.74, 6) is 0.728. The Morgan fingerprint density at radius 2 is 2.03 bits per heavy atom. The smallest absolute Gasteiger partial charge is 0.333 e. The van der Waals surface area contributed by atoms with E-state index in [4.69, 9.17) is 9.47 Å². The molecule has 9 heteroatoms. The lowest BCUT2D eigenvalue weighted by Crippen LogP contribution is -2.21. The zero-order chi connectivity index (χ0) is 22.5. The van der Waals surface area contributed by atoms with Gasteiger partial charge in [-0.2, -0.15) is 5.10 Å². The molecule has 168 valence electrons. The Morgan fingerprint density at radius 1 is 1.18 bits per heavy atom. The zero-order valence-corrected chi connectivity index (χ0v) is 18.6. The molecule has 0 N–H and O–H groups in total. The van der Waals surface area contributed by atoms with Gasteiger partial charge in [0.05, 0.1) is 54.3 Å². The Balaban J connectivity index is 1.60. The van der Waals surface area contributed by atoms with Gasteiger partial charge in [-0.1, -0.05) is 6.08 Å². The number of allylic oxidation sites excluding steroid dienone is 1. The maximum absolute atomic E-state index is 13.4. The molecule has 2 aliphatic heterocycles. The predicted molar refractivity (Wildman–Crippen MR) is 127 cm³/mol. The van der Waals surface area contributed by atoms with E-state index in [-0.39, 0.29) is 11.7 Å². The Bertz CT molecular complexity index is 1500. The first-order valence-corrected chi connectivity index (χ1v) is 11.1. The number of aryl methyl sites for hydroxylation is 1. The molecule has 0 atom stereocenters. The monoisotopic (exact) mass is 444 g/mol. The van der Waals surface area contributed by atoms with E-state index in [1.54, 1.807) is 35.7 Å². The SMILES string of the molecule is COc1cc2ncc3c(c2cc1C1=CCN=C1)n(-c1cnn(C2CCOCC2)c1)c(=O)n3C. The van der Waals surface area contributed by atoms with Crippen LogP contribution in [0.5, 0.6) is 5.75 Å². The first-order chi connectivity index (χ1) is 16.2. The molecule has 9 nitrogen and oxygen atoms in total. The molecular formula is C24H24N6O3. The lowest BCUT2D eigenvalue weighted by Gasteiger charge is -2.22. The Morgan fingerprint density at radius 3 is 2.79 bits per heavy atom. The van der Waals surface area contributed by atoms with E-state index in [1.807, 2.05) is 29.2 Å². The summed E-state index contributed by atoms with van der Waals surface area (Å²) in [4.78, 5) is 22.3. The molecule has 0 bridgehead atoms. The summed E-state index contributed by atoms with van der Waals surface area (Å²) >= 11 is 0. The van der Waals surface area contributed by atoms with Crippen molar-refractivity contribution < 1.29 is 9.47 Å². The summed E-state index contributed by atoms with van der Waals surface area (Å²) in [5.41, 5.74) is 4.86. The van der Waals surface area contributed by atoms with Gasteiger partial charge in [0, 0.05) is 55.3 Å². The van der Waals surface area contributed by atoms with Crippen LogP contribution in [0.1, 0.15) is 24.4 Å². The molecule has 4 aromatic rings. The molecule has 0 spiro atoms. The van der Waals surface area contributed by atoms with E-state index in [2.05, 4.69) is 21.2 Å². The molecule has 33 heavy (non-hydrogen) atoms. The van der Waals surface area contributed by atoms with Gasteiger partial charge in [-0.15, -0.1) is 0 Å². The quantitative estimate of drug-likeness (QED) is 0.483. The predicted octanol–water partition coefficient (Wildman–Crippen LogP) is 2.90. The van der Waals surface area contributed by atoms with Gasteiger partial charge in [0.25, 0.3) is 0 Å². The van der Waals surface area contributed by atoms with Crippen LogP contribution in [-0.4, -0.2) is 57.0 Å². The summed E-state index contributed by atoms with van der Waals surface area (Å²) in [6.07, 6.45) is 11.2. The number of methoxy groups -OCH3 is 1. The molecular weight excluding hydrogens is 420 g/mol. The number of nitrogens with zero attached hydrogens (tertiary/aromatic N) is 6. The lowest BCUT2D eigenvalue weighted by atomic mass is 10.0. The van der Waals surface area contributed by atoms with Crippen molar-refractivity contribution in [2.45, 2.75) is 18.9 Å². The summed E-state index contributed by atoms with van der Waals surface area (Å²) < 4.78 is 16.5. The van der Waals surface area contributed by atoms with Crippen molar-refractivity contribution in [1.29, 1.82) is 0 Å². The number of hydrogen-bond donors (Lipinski definition) is 0. The van der Waals surface area contributed by atoms with Crippen LogP contribution >= 0.6 is 0 Å². The van der Waals surface area contributed by atoms with Crippen molar-refractivity contribution in [1.82, 2.24) is 23.9 Å². The van der Waals surface area contributed by atoms with Crippen molar-refractivity contribution in [3.8, 4) is 11.4 Å². The highest BCUT2D eigenvalue weighted by molar-refractivity contribution is 6.15. The third kappa shape index (κ3) is 3.11. The first-order valence-electron chi connectivity index (χ1n) is 11.1. The van der Waals surface area contributed by atoms with Crippen LogP contribution in [0, 0.1) is 0 Å². The van der Waals surface area contributed by atoms with Gasteiger partial charge >= 0.3 is 5.69 Å². The molecule has 0 amide bonds. The molecule has 1 fully saturated rings. The molecule has 1 saturated heterocycles. The topological polar surface area (TPSA) is 88.5 Å². The van der Waals surface area contributed by atoms with Crippen LogP contribution < -0.4 is 10.4 Å². The number of aromatic nitrogens is 5. The molecule has 6 rings (SSSR count). The van der Waals surface area contributed by atoms with Crippen molar-refractivity contribution in [3.63, 3.8) is 0 Å².